The lowest BCUT2D eigenvalue weighted by Crippen LogP contribution is -2.21. The van der Waals surface area contributed by atoms with Gasteiger partial charge >= 0.3 is 0 Å². The predicted octanol–water partition coefficient (Wildman–Crippen LogP) is 3.34. The van der Waals surface area contributed by atoms with Crippen LogP contribution in [0.5, 0.6) is 11.5 Å². The number of para-hydroxylation sites is 2. The quantitative estimate of drug-likeness (QED) is 0.659. The molecule has 0 fully saturated rings. The van der Waals surface area contributed by atoms with E-state index in [4.69, 9.17) is 9.47 Å². The summed E-state index contributed by atoms with van der Waals surface area (Å²) in [5.41, 5.74) is 0. The number of hydrogen-bond acceptors (Lipinski definition) is 7. The highest BCUT2D eigenvalue weighted by molar-refractivity contribution is 7.98. The van der Waals surface area contributed by atoms with E-state index in [9.17, 15) is 0 Å². The number of benzene rings is 1. The van der Waals surface area contributed by atoms with E-state index in [0.717, 1.165) is 45.2 Å². The van der Waals surface area contributed by atoms with E-state index in [1.165, 1.54) is 11.3 Å². The Morgan fingerprint density at radius 1 is 1.30 bits per heavy atom. The van der Waals surface area contributed by atoms with E-state index in [2.05, 4.69) is 22.2 Å². The Balaban J connectivity index is 1.56. The molecular weight excluding hydrogens is 332 g/mol. The van der Waals surface area contributed by atoms with Gasteiger partial charge in [-0.05, 0) is 24.3 Å². The molecule has 6 nitrogen and oxygen atoms in total. The largest absolute Gasteiger partial charge is 0.485 e. The van der Waals surface area contributed by atoms with Gasteiger partial charge in [-0.2, -0.15) is 21.4 Å². The van der Waals surface area contributed by atoms with Crippen LogP contribution in [-0.2, 0) is 5.75 Å². The van der Waals surface area contributed by atoms with Crippen LogP contribution in [0.25, 0.3) is 4.96 Å². The summed E-state index contributed by atoms with van der Waals surface area (Å²) >= 11 is 3.35. The highest BCUT2D eigenvalue weighted by Gasteiger charge is 2.26. The minimum absolute atomic E-state index is 0.201. The highest BCUT2D eigenvalue weighted by atomic mass is 32.2. The molecule has 0 radical (unpaired) electrons. The third-order valence-corrected chi connectivity index (χ3v) is 5.58. The molecule has 0 bridgehead atoms. The maximum absolute atomic E-state index is 6.01. The fraction of sp³-hybridized carbons (Fsp3) is 0.400. The van der Waals surface area contributed by atoms with Gasteiger partial charge in [0.25, 0.3) is 0 Å². The normalized spacial score (nSPS) is 16.8. The van der Waals surface area contributed by atoms with Crippen molar-refractivity contribution in [1.82, 2.24) is 19.8 Å². The fourth-order valence-electron chi connectivity index (χ4n) is 2.34. The maximum atomic E-state index is 6.01. The lowest BCUT2D eigenvalue weighted by molar-refractivity contribution is 0.0904. The Morgan fingerprint density at radius 2 is 2.17 bits per heavy atom. The van der Waals surface area contributed by atoms with Crippen molar-refractivity contribution in [3.05, 3.63) is 35.1 Å². The van der Waals surface area contributed by atoms with Crippen molar-refractivity contribution in [3.63, 3.8) is 0 Å². The smallest absolute Gasteiger partial charge is 0.234 e. The molecule has 0 aliphatic carbocycles. The minimum atomic E-state index is -0.201. The SMILES string of the molecule is CCCSCc1nnc2sc(C3COc4ccccc4O3)nn12. The zero-order valence-corrected chi connectivity index (χ0v) is 14.3. The Morgan fingerprint density at radius 3 is 3.04 bits per heavy atom. The van der Waals surface area contributed by atoms with Gasteiger partial charge in [-0.3, -0.25) is 0 Å². The van der Waals surface area contributed by atoms with Crippen LogP contribution in [0.15, 0.2) is 24.3 Å². The molecule has 0 spiro atoms. The second-order valence-electron chi connectivity index (χ2n) is 5.17. The van der Waals surface area contributed by atoms with E-state index in [-0.39, 0.29) is 6.10 Å². The summed E-state index contributed by atoms with van der Waals surface area (Å²) in [6.45, 7) is 2.63. The van der Waals surface area contributed by atoms with Crippen LogP contribution in [0.4, 0.5) is 0 Å². The molecule has 0 saturated heterocycles. The third-order valence-electron chi connectivity index (χ3n) is 3.43. The molecular formula is C15H16N4O2S2. The van der Waals surface area contributed by atoms with Gasteiger partial charge in [0.1, 0.15) is 6.61 Å². The lowest BCUT2D eigenvalue weighted by Gasteiger charge is -2.24. The van der Waals surface area contributed by atoms with Crippen molar-refractivity contribution >= 4 is 28.1 Å². The van der Waals surface area contributed by atoms with Crippen LogP contribution in [0.2, 0.25) is 0 Å². The first kappa shape index (κ1) is 14.8. The number of rotatable bonds is 5. The Hall–Kier alpha value is -1.80. The van der Waals surface area contributed by atoms with E-state index >= 15 is 0 Å². The summed E-state index contributed by atoms with van der Waals surface area (Å²) in [7, 11) is 0. The van der Waals surface area contributed by atoms with Gasteiger partial charge in [-0.15, -0.1) is 10.2 Å². The van der Waals surface area contributed by atoms with Crippen molar-refractivity contribution in [2.45, 2.75) is 25.2 Å². The maximum Gasteiger partial charge on any atom is 0.234 e. The molecule has 8 heteroatoms. The average molecular weight is 348 g/mol. The summed E-state index contributed by atoms with van der Waals surface area (Å²) in [6.07, 6.45) is 0.953. The molecule has 0 saturated carbocycles. The number of thioether (sulfide) groups is 1. The Bertz CT molecular complexity index is 817. The minimum Gasteiger partial charge on any atom is -0.485 e. The summed E-state index contributed by atoms with van der Waals surface area (Å²) in [4.78, 5) is 0.801. The first-order valence-corrected chi connectivity index (χ1v) is 9.49. The predicted molar refractivity (Wildman–Crippen MR) is 90.4 cm³/mol. The summed E-state index contributed by atoms with van der Waals surface area (Å²) < 4.78 is 13.6. The zero-order chi connectivity index (χ0) is 15.6. The van der Waals surface area contributed by atoms with E-state index in [0.29, 0.717) is 6.61 Å². The topological polar surface area (TPSA) is 61.5 Å². The molecule has 3 heterocycles. The average Bonchev–Trinajstić information content (AvgIpc) is 3.16. The molecule has 0 amide bonds. The van der Waals surface area contributed by atoms with E-state index < -0.39 is 0 Å². The van der Waals surface area contributed by atoms with E-state index in [1.807, 2.05) is 40.5 Å². The van der Waals surface area contributed by atoms with Crippen molar-refractivity contribution in [2.24, 2.45) is 0 Å². The van der Waals surface area contributed by atoms with Crippen molar-refractivity contribution in [3.8, 4) is 11.5 Å². The molecule has 120 valence electrons. The molecule has 2 aromatic heterocycles. The zero-order valence-electron chi connectivity index (χ0n) is 12.6. The molecule has 3 aromatic rings. The Kier molecular flexibility index (Phi) is 4.09. The molecule has 23 heavy (non-hydrogen) atoms. The molecule has 1 aromatic carbocycles. The van der Waals surface area contributed by atoms with Crippen LogP contribution >= 0.6 is 23.1 Å². The second kappa shape index (κ2) is 6.37. The van der Waals surface area contributed by atoms with Crippen LogP contribution in [0.1, 0.15) is 30.3 Å². The standard InChI is InChI=1S/C15H16N4O2S2/c1-2-7-22-9-13-16-17-15-19(13)18-14(23-15)12-8-20-10-5-3-4-6-11(10)21-12/h3-6,12H,2,7-9H2,1H3. The summed E-state index contributed by atoms with van der Waals surface area (Å²) in [6, 6.07) is 7.69. The molecule has 1 aliphatic heterocycles. The van der Waals surface area contributed by atoms with Crippen molar-refractivity contribution < 1.29 is 9.47 Å². The van der Waals surface area contributed by atoms with Crippen molar-refractivity contribution in [2.75, 3.05) is 12.4 Å². The van der Waals surface area contributed by atoms with Gasteiger partial charge in [0.2, 0.25) is 4.96 Å². The fourth-order valence-corrected chi connectivity index (χ4v) is 4.01. The van der Waals surface area contributed by atoms with Gasteiger partial charge < -0.3 is 9.47 Å². The van der Waals surface area contributed by atoms with Crippen LogP contribution < -0.4 is 9.47 Å². The van der Waals surface area contributed by atoms with Gasteiger partial charge in [0.05, 0.1) is 5.75 Å². The first-order chi connectivity index (χ1) is 11.3. The van der Waals surface area contributed by atoms with Gasteiger partial charge in [0.15, 0.2) is 28.4 Å². The van der Waals surface area contributed by atoms with Gasteiger partial charge in [-0.25, -0.2) is 0 Å². The van der Waals surface area contributed by atoms with Gasteiger partial charge in [0, 0.05) is 0 Å². The summed E-state index contributed by atoms with van der Waals surface area (Å²) in [5, 5.41) is 13.9. The van der Waals surface area contributed by atoms with Crippen molar-refractivity contribution in [1.29, 1.82) is 0 Å². The second-order valence-corrected chi connectivity index (χ2v) is 7.26. The number of ether oxygens (including phenoxy) is 2. The third kappa shape index (κ3) is 2.88. The monoisotopic (exact) mass is 348 g/mol. The first-order valence-electron chi connectivity index (χ1n) is 7.52. The molecule has 0 N–H and O–H groups in total. The van der Waals surface area contributed by atoms with Gasteiger partial charge in [-0.1, -0.05) is 30.4 Å². The molecule has 1 aliphatic rings. The molecule has 4 rings (SSSR count). The molecule has 1 atom stereocenters. The Labute approximate surface area is 141 Å². The number of aromatic nitrogens is 4. The highest BCUT2D eigenvalue weighted by Crippen LogP contribution is 2.36. The van der Waals surface area contributed by atoms with E-state index in [1.54, 1.807) is 0 Å². The number of fused-ring (bicyclic) bond motifs is 2. The van der Waals surface area contributed by atoms with Crippen LogP contribution in [0.3, 0.4) is 0 Å². The number of nitrogens with zero attached hydrogens (tertiary/aromatic N) is 4. The molecule has 1 unspecified atom stereocenters. The van der Waals surface area contributed by atoms with Crippen LogP contribution in [0, 0.1) is 0 Å². The number of hydrogen-bond donors (Lipinski definition) is 0. The van der Waals surface area contributed by atoms with Crippen LogP contribution in [-0.4, -0.2) is 32.2 Å². The lowest BCUT2D eigenvalue weighted by atomic mass is 10.3. The summed E-state index contributed by atoms with van der Waals surface area (Å²) in [5.74, 6) is 4.36.